The van der Waals surface area contributed by atoms with Gasteiger partial charge < -0.3 is 10.1 Å². The van der Waals surface area contributed by atoms with Gasteiger partial charge in [-0.2, -0.15) is 4.31 Å². The minimum absolute atomic E-state index is 0.132. The summed E-state index contributed by atoms with van der Waals surface area (Å²) in [7, 11) is -2.31. The first-order valence-electron chi connectivity index (χ1n) is 9.97. The van der Waals surface area contributed by atoms with Crippen LogP contribution in [0.3, 0.4) is 0 Å². The molecular weight excluding hydrogens is 407 g/mol. The largest absolute Gasteiger partial charge is 0.495 e. The van der Waals surface area contributed by atoms with Gasteiger partial charge in [0.2, 0.25) is 15.9 Å². The van der Waals surface area contributed by atoms with Gasteiger partial charge in [0.25, 0.3) is 0 Å². The minimum Gasteiger partial charge on any atom is -0.495 e. The van der Waals surface area contributed by atoms with E-state index in [0.717, 1.165) is 5.56 Å². The lowest BCUT2D eigenvalue weighted by molar-refractivity contribution is -0.120. The molecular formula is C22H27FN2O4S. The van der Waals surface area contributed by atoms with E-state index < -0.39 is 15.8 Å². The molecule has 1 N–H and O–H groups in total. The zero-order chi connectivity index (χ0) is 21.9. The highest BCUT2D eigenvalue weighted by Gasteiger charge is 2.34. The standard InChI is InChI=1S/C22H27FN2O4S/c1-15(2)17-8-9-20(29-3)21(14-17)30(27,28)25-12-10-16(11-13-25)22(26)24-19-7-5-4-6-18(19)23/h4-9,14-16H,10-13H2,1-3H3,(H,24,26). The number of hydrogen-bond donors (Lipinski definition) is 1. The van der Waals surface area contributed by atoms with Crippen LogP contribution in [0.25, 0.3) is 0 Å². The summed E-state index contributed by atoms with van der Waals surface area (Å²) in [6.07, 6.45) is 0.734. The Morgan fingerprint density at radius 3 is 2.43 bits per heavy atom. The number of anilines is 1. The van der Waals surface area contributed by atoms with Crippen LogP contribution in [-0.4, -0.2) is 38.8 Å². The molecule has 0 spiro atoms. The van der Waals surface area contributed by atoms with Crippen LogP contribution in [-0.2, 0) is 14.8 Å². The Balaban J connectivity index is 1.72. The molecule has 2 aromatic carbocycles. The first-order chi connectivity index (χ1) is 14.2. The number of piperidine rings is 1. The zero-order valence-corrected chi connectivity index (χ0v) is 18.2. The summed E-state index contributed by atoms with van der Waals surface area (Å²) in [5, 5.41) is 2.60. The molecule has 6 nitrogen and oxygen atoms in total. The van der Waals surface area contributed by atoms with Gasteiger partial charge in [-0.3, -0.25) is 4.79 Å². The van der Waals surface area contributed by atoms with E-state index in [0.29, 0.717) is 18.6 Å². The van der Waals surface area contributed by atoms with E-state index >= 15 is 0 Å². The van der Waals surface area contributed by atoms with Crippen molar-refractivity contribution in [2.75, 3.05) is 25.5 Å². The minimum atomic E-state index is -3.76. The molecule has 1 fully saturated rings. The molecule has 1 saturated heterocycles. The Kier molecular flexibility index (Phi) is 6.77. The SMILES string of the molecule is COc1ccc(C(C)C)cc1S(=O)(=O)N1CCC(C(=O)Nc2ccccc2F)CC1. The van der Waals surface area contributed by atoms with Crippen molar-refractivity contribution < 1.29 is 22.3 Å². The lowest BCUT2D eigenvalue weighted by Gasteiger charge is -2.31. The third-order valence-corrected chi connectivity index (χ3v) is 7.35. The third kappa shape index (κ3) is 4.65. The number of sulfonamides is 1. The van der Waals surface area contributed by atoms with Crippen LogP contribution in [0, 0.1) is 11.7 Å². The van der Waals surface area contributed by atoms with E-state index in [4.69, 9.17) is 4.74 Å². The Bertz CT molecular complexity index is 1020. The summed E-state index contributed by atoms with van der Waals surface area (Å²) in [6, 6.07) is 11.2. The Morgan fingerprint density at radius 2 is 1.83 bits per heavy atom. The van der Waals surface area contributed by atoms with Crippen LogP contribution in [0.15, 0.2) is 47.4 Å². The van der Waals surface area contributed by atoms with E-state index in [1.807, 2.05) is 19.9 Å². The van der Waals surface area contributed by atoms with Crippen molar-refractivity contribution in [3.8, 4) is 5.75 Å². The number of halogens is 1. The number of amides is 1. The number of rotatable bonds is 6. The quantitative estimate of drug-likeness (QED) is 0.746. The number of nitrogens with one attached hydrogen (secondary N) is 1. The van der Waals surface area contributed by atoms with Crippen LogP contribution in [0.4, 0.5) is 10.1 Å². The number of hydrogen-bond acceptors (Lipinski definition) is 4. The molecule has 0 bridgehead atoms. The summed E-state index contributed by atoms with van der Waals surface area (Å²) < 4.78 is 46.9. The van der Waals surface area contributed by atoms with Crippen molar-refractivity contribution in [3.63, 3.8) is 0 Å². The maximum Gasteiger partial charge on any atom is 0.246 e. The van der Waals surface area contributed by atoms with Gasteiger partial charge >= 0.3 is 0 Å². The summed E-state index contributed by atoms with van der Waals surface area (Å²) in [5.41, 5.74) is 1.04. The monoisotopic (exact) mass is 434 g/mol. The summed E-state index contributed by atoms with van der Waals surface area (Å²) >= 11 is 0. The van der Waals surface area contributed by atoms with Crippen molar-refractivity contribution >= 4 is 21.6 Å². The molecule has 2 aromatic rings. The molecule has 162 valence electrons. The smallest absolute Gasteiger partial charge is 0.246 e. The lowest BCUT2D eigenvalue weighted by atomic mass is 9.97. The fourth-order valence-corrected chi connectivity index (χ4v) is 5.21. The number of ether oxygens (including phenoxy) is 1. The van der Waals surface area contributed by atoms with Gasteiger partial charge in [0, 0.05) is 19.0 Å². The predicted molar refractivity (Wildman–Crippen MR) is 114 cm³/mol. The fraction of sp³-hybridized carbons (Fsp3) is 0.409. The van der Waals surface area contributed by atoms with Gasteiger partial charge in [0.05, 0.1) is 12.8 Å². The highest BCUT2D eigenvalue weighted by Crippen LogP contribution is 2.32. The summed E-state index contributed by atoms with van der Waals surface area (Å²) in [6.45, 7) is 4.43. The maximum atomic E-state index is 13.8. The second-order valence-electron chi connectivity index (χ2n) is 7.71. The normalized spacial score (nSPS) is 15.9. The van der Waals surface area contributed by atoms with Gasteiger partial charge in [-0.05, 0) is 48.6 Å². The molecule has 1 aliphatic rings. The highest BCUT2D eigenvalue weighted by atomic mass is 32.2. The van der Waals surface area contributed by atoms with Gasteiger partial charge in [0.1, 0.15) is 16.5 Å². The molecule has 30 heavy (non-hydrogen) atoms. The van der Waals surface area contributed by atoms with Crippen molar-refractivity contribution in [1.82, 2.24) is 4.31 Å². The van der Waals surface area contributed by atoms with E-state index in [2.05, 4.69) is 5.32 Å². The average Bonchev–Trinajstić information content (AvgIpc) is 2.74. The zero-order valence-electron chi connectivity index (χ0n) is 17.4. The summed E-state index contributed by atoms with van der Waals surface area (Å²) in [5.74, 6) is -0.684. The number of benzene rings is 2. The first kappa shape index (κ1) is 22.2. The predicted octanol–water partition coefficient (Wildman–Crippen LogP) is 4.00. The molecule has 0 atom stereocenters. The molecule has 8 heteroatoms. The molecule has 1 aliphatic heterocycles. The molecule has 3 rings (SSSR count). The molecule has 0 unspecified atom stereocenters. The lowest BCUT2D eigenvalue weighted by Crippen LogP contribution is -2.41. The first-order valence-corrected chi connectivity index (χ1v) is 11.4. The highest BCUT2D eigenvalue weighted by molar-refractivity contribution is 7.89. The number of nitrogens with zero attached hydrogens (tertiary/aromatic N) is 1. The molecule has 0 radical (unpaired) electrons. The number of para-hydroxylation sites is 1. The Hall–Kier alpha value is -2.45. The van der Waals surface area contributed by atoms with Crippen LogP contribution >= 0.6 is 0 Å². The molecule has 1 amide bonds. The molecule has 0 aliphatic carbocycles. The van der Waals surface area contributed by atoms with Gasteiger partial charge in [-0.25, -0.2) is 12.8 Å². The van der Waals surface area contributed by atoms with Crippen LogP contribution in [0.5, 0.6) is 5.75 Å². The number of carbonyl (C=O) groups is 1. The van der Waals surface area contributed by atoms with Gasteiger partial charge in [-0.15, -0.1) is 0 Å². The van der Waals surface area contributed by atoms with Gasteiger partial charge in [0.15, 0.2) is 0 Å². The van der Waals surface area contributed by atoms with E-state index in [9.17, 15) is 17.6 Å². The number of methoxy groups -OCH3 is 1. The Labute approximate surface area is 177 Å². The van der Waals surface area contributed by atoms with E-state index in [1.54, 1.807) is 24.3 Å². The van der Waals surface area contributed by atoms with Crippen LogP contribution < -0.4 is 10.1 Å². The molecule has 0 aromatic heterocycles. The average molecular weight is 435 g/mol. The van der Waals surface area contributed by atoms with Crippen molar-refractivity contribution in [2.24, 2.45) is 5.92 Å². The molecule has 0 saturated carbocycles. The Morgan fingerprint density at radius 1 is 1.17 bits per heavy atom. The number of carbonyl (C=O) groups excluding carboxylic acids is 1. The fourth-order valence-electron chi connectivity index (χ4n) is 3.55. The maximum absolute atomic E-state index is 13.8. The van der Waals surface area contributed by atoms with Crippen molar-refractivity contribution in [3.05, 3.63) is 53.8 Å². The van der Waals surface area contributed by atoms with Crippen LogP contribution in [0.1, 0.15) is 38.2 Å². The summed E-state index contributed by atoms with van der Waals surface area (Å²) in [4.78, 5) is 12.6. The van der Waals surface area contributed by atoms with E-state index in [1.165, 1.54) is 23.5 Å². The van der Waals surface area contributed by atoms with Crippen molar-refractivity contribution in [2.45, 2.75) is 37.5 Å². The topological polar surface area (TPSA) is 75.7 Å². The van der Waals surface area contributed by atoms with Crippen molar-refractivity contribution in [1.29, 1.82) is 0 Å². The van der Waals surface area contributed by atoms with Crippen LogP contribution in [0.2, 0.25) is 0 Å². The van der Waals surface area contributed by atoms with E-state index in [-0.39, 0.29) is 41.4 Å². The van der Waals surface area contributed by atoms with Gasteiger partial charge in [-0.1, -0.05) is 32.0 Å². The third-order valence-electron chi connectivity index (χ3n) is 5.43. The second-order valence-corrected chi connectivity index (χ2v) is 9.62. The second kappa shape index (κ2) is 9.14. The molecule has 1 heterocycles.